The molecule has 1 aromatic carbocycles. The van der Waals surface area contributed by atoms with Crippen LogP contribution in [0.15, 0.2) is 24.3 Å². The molecule has 1 heterocycles. The molecule has 1 atom stereocenters. The van der Waals surface area contributed by atoms with Gasteiger partial charge in [0.15, 0.2) is 6.10 Å². The highest BCUT2D eigenvalue weighted by molar-refractivity contribution is 5.81. The molecule has 0 saturated carbocycles. The molecule has 1 aromatic rings. The highest BCUT2D eigenvalue weighted by atomic mass is 16.5. The van der Waals surface area contributed by atoms with Gasteiger partial charge in [-0.05, 0) is 25.8 Å². The Balaban J connectivity index is 1.99. The van der Waals surface area contributed by atoms with Gasteiger partial charge in [0.25, 0.3) is 5.91 Å². The Morgan fingerprint density at radius 2 is 1.90 bits per heavy atom. The van der Waals surface area contributed by atoms with Crippen LogP contribution in [0.2, 0.25) is 0 Å². The molecule has 20 heavy (non-hydrogen) atoms. The van der Waals surface area contributed by atoms with Crippen molar-refractivity contribution >= 4 is 5.91 Å². The molecule has 4 heteroatoms. The molecule has 1 saturated heterocycles. The number of likely N-dealkylation sites (tertiary alicyclic amines) is 1. The SMILES string of the molecule is CC(Oc1ccccc1CN)C(=O)N1CCCCCC1. The minimum Gasteiger partial charge on any atom is -0.481 e. The highest BCUT2D eigenvalue weighted by Gasteiger charge is 2.23. The zero-order valence-electron chi connectivity index (χ0n) is 12.2. The molecule has 0 radical (unpaired) electrons. The van der Waals surface area contributed by atoms with Crippen LogP contribution in [0.25, 0.3) is 0 Å². The summed E-state index contributed by atoms with van der Waals surface area (Å²) in [5.74, 6) is 0.796. The summed E-state index contributed by atoms with van der Waals surface area (Å²) in [6.07, 6.45) is 4.17. The Labute approximate surface area is 120 Å². The van der Waals surface area contributed by atoms with Crippen molar-refractivity contribution in [1.29, 1.82) is 0 Å². The number of hydrogen-bond donors (Lipinski definition) is 1. The van der Waals surface area contributed by atoms with E-state index in [1.54, 1.807) is 0 Å². The number of nitrogens with zero attached hydrogens (tertiary/aromatic N) is 1. The summed E-state index contributed by atoms with van der Waals surface area (Å²) in [7, 11) is 0. The number of rotatable bonds is 4. The lowest BCUT2D eigenvalue weighted by molar-refractivity contribution is -0.137. The first-order chi connectivity index (χ1) is 9.72. The summed E-state index contributed by atoms with van der Waals surface area (Å²) in [4.78, 5) is 14.4. The zero-order chi connectivity index (χ0) is 14.4. The Kier molecular flexibility index (Phi) is 5.41. The molecule has 1 aliphatic rings. The molecular weight excluding hydrogens is 252 g/mol. The van der Waals surface area contributed by atoms with Gasteiger partial charge in [0.1, 0.15) is 5.75 Å². The first-order valence-corrected chi connectivity index (χ1v) is 7.46. The van der Waals surface area contributed by atoms with Gasteiger partial charge in [-0.2, -0.15) is 0 Å². The Morgan fingerprint density at radius 3 is 2.55 bits per heavy atom. The van der Waals surface area contributed by atoms with Gasteiger partial charge in [-0.25, -0.2) is 0 Å². The number of carbonyl (C=O) groups excluding carboxylic acids is 1. The van der Waals surface area contributed by atoms with Gasteiger partial charge in [0.2, 0.25) is 0 Å². The van der Waals surface area contributed by atoms with Crippen molar-refractivity contribution in [3.8, 4) is 5.75 Å². The van der Waals surface area contributed by atoms with Crippen LogP contribution in [-0.2, 0) is 11.3 Å². The fraction of sp³-hybridized carbons (Fsp3) is 0.562. The van der Waals surface area contributed by atoms with Gasteiger partial charge in [0, 0.05) is 25.2 Å². The zero-order valence-corrected chi connectivity index (χ0v) is 12.2. The number of benzene rings is 1. The maximum Gasteiger partial charge on any atom is 0.263 e. The van der Waals surface area contributed by atoms with Crippen LogP contribution in [0.1, 0.15) is 38.2 Å². The molecule has 2 rings (SSSR count). The van der Waals surface area contributed by atoms with Crippen LogP contribution >= 0.6 is 0 Å². The first-order valence-electron chi connectivity index (χ1n) is 7.46. The summed E-state index contributed by atoms with van der Waals surface area (Å²) in [6, 6.07) is 7.63. The maximum absolute atomic E-state index is 12.4. The number of carbonyl (C=O) groups is 1. The molecule has 1 unspecified atom stereocenters. The molecule has 0 spiro atoms. The van der Waals surface area contributed by atoms with E-state index in [4.69, 9.17) is 10.5 Å². The molecule has 0 aliphatic carbocycles. The van der Waals surface area contributed by atoms with E-state index in [1.807, 2.05) is 36.1 Å². The van der Waals surface area contributed by atoms with Crippen molar-refractivity contribution in [3.63, 3.8) is 0 Å². The summed E-state index contributed by atoms with van der Waals surface area (Å²) >= 11 is 0. The minimum absolute atomic E-state index is 0.0822. The maximum atomic E-state index is 12.4. The highest BCUT2D eigenvalue weighted by Crippen LogP contribution is 2.20. The predicted octanol–water partition coefficient (Wildman–Crippen LogP) is 2.32. The topological polar surface area (TPSA) is 55.6 Å². The fourth-order valence-electron chi connectivity index (χ4n) is 2.58. The Morgan fingerprint density at radius 1 is 1.25 bits per heavy atom. The predicted molar refractivity (Wildman–Crippen MR) is 79.5 cm³/mol. The van der Waals surface area contributed by atoms with Gasteiger partial charge in [-0.1, -0.05) is 31.0 Å². The number of ether oxygens (including phenoxy) is 1. The van der Waals surface area contributed by atoms with E-state index in [0.29, 0.717) is 12.3 Å². The number of para-hydroxylation sites is 1. The number of hydrogen-bond acceptors (Lipinski definition) is 3. The van der Waals surface area contributed by atoms with Crippen LogP contribution in [0, 0.1) is 0 Å². The van der Waals surface area contributed by atoms with Crippen molar-refractivity contribution < 1.29 is 9.53 Å². The van der Waals surface area contributed by atoms with Gasteiger partial charge in [0.05, 0.1) is 0 Å². The Bertz CT molecular complexity index is 440. The van der Waals surface area contributed by atoms with Crippen LogP contribution in [0.5, 0.6) is 5.75 Å². The fourth-order valence-corrected chi connectivity index (χ4v) is 2.58. The lowest BCUT2D eigenvalue weighted by Crippen LogP contribution is -2.41. The molecule has 1 aliphatic heterocycles. The average molecular weight is 276 g/mol. The van der Waals surface area contributed by atoms with Gasteiger partial charge in [-0.15, -0.1) is 0 Å². The second kappa shape index (κ2) is 7.29. The standard InChI is InChI=1S/C16H24N2O2/c1-13(16(19)18-10-6-2-3-7-11-18)20-15-9-5-4-8-14(15)12-17/h4-5,8-9,13H,2-3,6-7,10-12,17H2,1H3. The molecule has 110 valence electrons. The second-order valence-corrected chi connectivity index (χ2v) is 5.31. The monoisotopic (exact) mass is 276 g/mol. The average Bonchev–Trinajstić information content (AvgIpc) is 2.76. The smallest absolute Gasteiger partial charge is 0.263 e. The van der Waals surface area contributed by atoms with Crippen molar-refractivity contribution in [1.82, 2.24) is 4.90 Å². The van der Waals surface area contributed by atoms with E-state index in [2.05, 4.69) is 0 Å². The third kappa shape index (κ3) is 3.73. The van der Waals surface area contributed by atoms with Crippen LogP contribution in [0.3, 0.4) is 0 Å². The van der Waals surface area contributed by atoms with Crippen LogP contribution in [-0.4, -0.2) is 30.0 Å². The molecular formula is C16H24N2O2. The van der Waals surface area contributed by atoms with E-state index in [9.17, 15) is 4.79 Å². The molecule has 0 aromatic heterocycles. The normalized spacial score (nSPS) is 17.4. The van der Waals surface area contributed by atoms with Gasteiger partial charge in [-0.3, -0.25) is 4.79 Å². The number of nitrogens with two attached hydrogens (primary N) is 1. The lowest BCUT2D eigenvalue weighted by atomic mass is 10.2. The van der Waals surface area contributed by atoms with E-state index in [0.717, 1.165) is 31.5 Å². The summed E-state index contributed by atoms with van der Waals surface area (Å²) in [5, 5.41) is 0. The van der Waals surface area contributed by atoms with Crippen molar-refractivity contribution in [2.24, 2.45) is 5.73 Å². The third-order valence-corrected chi connectivity index (χ3v) is 3.76. The first kappa shape index (κ1) is 14.9. The molecule has 1 amide bonds. The van der Waals surface area contributed by atoms with E-state index in [1.165, 1.54) is 12.8 Å². The number of amides is 1. The van der Waals surface area contributed by atoms with Crippen molar-refractivity contribution in [3.05, 3.63) is 29.8 Å². The van der Waals surface area contributed by atoms with E-state index >= 15 is 0 Å². The Hall–Kier alpha value is -1.55. The summed E-state index contributed by atoms with van der Waals surface area (Å²) in [6.45, 7) is 3.94. The molecule has 0 bridgehead atoms. The van der Waals surface area contributed by atoms with Crippen molar-refractivity contribution in [2.75, 3.05) is 13.1 Å². The van der Waals surface area contributed by atoms with Crippen molar-refractivity contribution in [2.45, 2.75) is 45.3 Å². The van der Waals surface area contributed by atoms with Gasteiger partial charge < -0.3 is 15.4 Å². The van der Waals surface area contributed by atoms with Crippen LogP contribution < -0.4 is 10.5 Å². The van der Waals surface area contributed by atoms with E-state index in [-0.39, 0.29) is 5.91 Å². The summed E-state index contributed by atoms with van der Waals surface area (Å²) < 4.78 is 5.82. The quantitative estimate of drug-likeness (QED) is 0.918. The molecule has 1 fully saturated rings. The lowest BCUT2D eigenvalue weighted by Gasteiger charge is -2.25. The van der Waals surface area contributed by atoms with E-state index < -0.39 is 6.10 Å². The van der Waals surface area contributed by atoms with Gasteiger partial charge >= 0.3 is 0 Å². The third-order valence-electron chi connectivity index (χ3n) is 3.76. The second-order valence-electron chi connectivity index (χ2n) is 5.31. The largest absolute Gasteiger partial charge is 0.481 e. The molecule has 4 nitrogen and oxygen atoms in total. The van der Waals surface area contributed by atoms with Crippen LogP contribution in [0.4, 0.5) is 0 Å². The minimum atomic E-state index is -0.458. The molecule has 2 N–H and O–H groups in total. The summed E-state index contributed by atoms with van der Waals surface area (Å²) in [5.41, 5.74) is 6.62.